The molecule has 1 fully saturated rings. The monoisotopic (exact) mass is 549 g/mol. The number of phenolic OH excluding ortho intramolecular Hbond substituents is 1. The molecule has 1 aromatic heterocycles. The van der Waals surface area contributed by atoms with Gasteiger partial charge in [-0.25, -0.2) is 0 Å². The largest absolute Gasteiger partial charge is 0.508 e. The molecule has 0 radical (unpaired) electrons. The predicted octanol–water partition coefficient (Wildman–Crippen LogP) is 6.12. The minimum Gasteiger partial charge on any atom is -0.508 e. The van der Waals surface area contributed by atoms with E-state index in [-0.39, 0.29) is 22.2 Å². The van der Waals surface area contributed by atoms with Gasteiger partial charge in [-0.2, -0.15) is 0 Å². The van der Waals surface area contributed by atoms with Crippen molar-refractivity contribution < 1.29 is 19.8 Å². The summed E-state index contributed by atoms with van der Waals surface area (Å²) in [5, 5.41) is 30.3. The molecule has 7 nitrogen and oxygen atoms in total. The van der Waals surface area contributed by atoms with Gasteiger partial charge < -0.3 is 10.2 Å². The van der Waals surface area contributed by atoms with Crippen molar-refractivity contribution in [1.29, 1.82) is 0 Å². The van der Waals surface area contributed by atoms with Crippen molar-refractivity contribution >= 4 is 57.3 Å². The Balaban J connectivity index is 1.53. The SMILES string of the molecule is Cc1ccc(/C(O)=C2/C(=O)C(=O)N(c3nnc(SCc4ccc(Cl)cc4)s3)C2c2ccc(O)cc2)cc1. The van der Waals surface area contributed by atoms with Gasteiger partial charge >= 0.3 is 5.91 Å². The number of ketones is 1. The van der Waals surface area contributed by atoms with Crippen LogP contribution in [0.5, 0.6) is 5.75 Å². The van der Waals surface area contributed by atoms with Crippen LogP contribution in [0.2, 0.25) is 5.02 Å². The van der Waals surface area contributed by atoms with Gasteiger partial charge in [0.2, 0.25) is 5.13 Å². The van der Waals surface area contributed by atoms with E-state index >= 15 is 0 Å². The Morgan fingerprint density at radius 2 is 1.68 bits per heavy atom. The van der Waals surface area contributed by atoms with Crippen molar-refractivity contribution in [3.05, 3.63) is 106 Å². The number of hydrogen-bond donors (Lipinski definition) is 2. The molecule has 1 atom stereocenters. The van der Waals surface area contributed by atoms with Gasteiger partial charge in [0.15, 0.2) is 4.34 Å². The number of carbonyl (C=O) groups is 2. The van der Waals surface area contributed by atoms with E-state index in [1.807, 2.05) is 43.3 Å². The van der Waals surface area contributed by atoms with Crippen molar-refractivity contribution in [2.45, 2.75) is 23.1 Å². The fourth-order valence-corrected chi connectivity index (χ4v) is 5.90. The number of aliphatic hydroxyl groups is 1. The molecule has 2 heterocycles. The van der Waals surface area contributed by atoms with Crippen molar-refractivity contribution in [3.63, 3.8) is 0 Å². The highest BCUT2D eigenvalue weighted by atomic mass is 35.5. The molecule has 1 aliphatic heterocycles. The van der Waals surface area contributed by atoms with Crippen LogP contribution in [-0.2, 0) is 15.3 Å². The highest BCUT2D eigenvalue weighted by molar-refractivity contribution is 8.00. The van der Waals surface area contributed by atoms with Crippen LogP contribution in [0.1, 0.15) is 28.3 Å². The highest BCUT2D eigenvalue weighted by Crippen LogP contribution is 2.44. The average molecular weight is 550 g/mol. The van der Waals surface area contributed by atoms with Crippen LogP contribution in [-0.4, -0.2) is 32.1 Å². The number of phenols is 1. The summed E-state index contributed by atoms with van der Waals surface area (Å²) in [6.07, 6.45) is 0. The quantitative estimate of drug-likeness (QED) is 0.0980. The molecular weight excluding hydrogens is 530 g/mol. The summed E-state index contributed by atoms with van der Waals surface area (Å²) in [5.41, 5.74) is 2.95. The molecule has 0 aliphatic carbocycles. The van der Waals surface area contributed by atoms with Crippen LogP contribution in [0.15, 0.2) is 82.7 Å². The minimum absolute atomic E-state index is 0.0380. The second kappa shape index (κ2) is 10.4. The Morgan fingerprint density at radius 1 is 1.00 bits per heavy atom. The summed E-state index contributed by atoms with van der Waals surface area (Å²) in [5.74, 6) is -1.24. The Hall–Kier alpha value is -3.66. The molecule has 4 aromatic rings. The van der Waals surface area contributed by atoms with Gasteiger partial charge in [0, 0.05) is 16.3 Å². The van der Waals surface area contributed by atoms with Gasteiger partial charge in [-0.15, -0.1) is 10.2 Å². The summed E-state index contributed by atoms with van der Waals surface area (Å²) in [7, 11) is 0. The van der Waals surface area contributed by atoms with E-state index in [4.69, 9.17) is 11.6 Å². The fraction of sp³-hybridized carbons (Fsp3) is 0.111. The molecule has 37 heavy (non-hydrogen) atoms. The standard InChI is InChI=1S/C27H20ClN3O4S2/c1-15-2-6-18(7-3-15)23(33)21-22(17-8-12-20(32)13-9-17)31(25(35)24(21)34)26-29-30-27(37-26)36-14-16-4-10-19(28)11-5-16/h2-13,22,32-33H,14H2,1H3/b23-21-. The number of aliphatic hydroxyl groups excluding tert-OH is 1. The van der Waals surface area contributed by atoms with Crippen LogP contribution in [0.3, 0.4) is 0 Å². The number of amides is 1. The summed E-state index contributed by atoms with van der Waals surface area (Å²) in [6, 6.07) is 19.7. The number of aryl methyl sites for hydroxylation is 1. The van der Waals surface area contributed by atoms with Crippen molar-refractivity contribution in [3.8, 4) is 5.75 Å². The molecule has 186 valence electrons. The molecule has 1 unspecified atom stereocenters. The number of carbonyl (C=O) groups excluding carboxylic acids is 2. The molecular formula is C27H20ClN3O4S2. The van der Waals surface area contributed by atoms with Crippen molar-refractivity contribution in [1.82, 2.24) is 10.2 Å². The third kappa shape index (κ3) is 5.11. The molecule has 1 aliphatic rings. The summed E-state index contributed by atoms with van der Waals surface area (Å²) in [6.45, 7) is 1.91. The number of thioether (sulfide) groups is 1. The lowest BCUT2D eigenvalue weighted by molar-refractivity contribution is -0.132. The number of Topliss-reactive ketones (excluding diaryl/α,β-unsaturated/α-hetero) is 1. The third-order valence-electron chi connectivity index (χ3n) is 5.86. The van der Waals surface area contributed by atoms with Crippen LogP contribution in [0, 0.1) is 6.92 Å². The number of rotatable bonds is 6. The second-order valence-electron chi connectivity index (χ2n) is 8.39. The number of nitrogens with zero attached hydrogens (tertiary/aromatic N) is 3. The normalized spacial score (nSPS) is 16.9. The maximum atomic E-state index is 13.3. The van der Waals surface area contributed by atoms with Gasteiger partial charge in [0.25, 0.3) is 5.78 Å². The topological polar surface area (TPSA) is 104 Å². The number of halogens is 1. The smallest absolute Gasteiger partial charge is 0.301 e. The third-order valence-corrected chi connectivity index (χ3v) is 8.23. The molecule has 0 spiro atoms. The Morgan fingerprint density at radius 3 is 2.35 bits per heavy atom. The first-order chi connectivity index (χ1) is 17.8. The van der Waals surface area contributed by atoms with Crippen LogP contribution in [0.4, 0.5) is 5.13 Å². The fourth-order valence-electron chi connectivity index (χ4n) is 3.95. The lowest BCUT2D eigenvalue weighted by Crippen LogP contribution is -2.29. The molecule has 5 rings (SSSR count). The van der Waals surface area contributed by atoms with E-state index in [2.05, 4.69) is 10.2 Å². The lowest BCUT2D eigenvalue weighted by Gasteiger charge is -2.22. The van der Waals surface area contributed by atoms with Gasteiger partial charge in [-0.3, -0.25) is 14.5 Å². The van der Waals surface area contributed by atoms with E-state index < -0.39 is 17.7 Å². The Kier molecular flexibility index (Phi) is 7.01. The van der Waals surface area contributed by atoms with Gasteiger partial charge in [-0.1, -0.05) is 88.8 Å². The predicted molar refractivity (Wildman–Crippen MR) is 145 cm³/mol. The minimum atomic E-state index is -0.941. The molecule has 1 saturated heterocycles. The summed E-state index contributed by atoms with van der Waals surface area (Å²) >= 11 is 8.59. The molecule has 0 saturated carbocycles. The first-order valence-corrected chi connectivity index (χ1v) is 13.4. The number of anilines is 1. The summed E-state index contributed by atoms with van der Waals surface area (Å²) < 4.78 is 0.620. The maximum Gasteiger partial charge on any atom is 0.301 e. The number of aromatic nitrogens is 2. The highest BCUT2D eigenvalue weighted by Gasteiger charge is 2.48. The van der Waals surface area contributed by atoms with Crippen LogP contribution < -0.4 is 4.90 Å². The van der Waals surface area contributed by atoms with E-state index in [1.54, 1.807) is 24.3 Å². The van der Waals surface area contributed by atoms with E-state index in [0.29, 0.717) is 26.2 Å². The van der Waals surface area contributed by atoms with Gasteiger partial charge in [0.1, 0.15) is 11.5 Å². The van der Waals surface area contributed by atoms with Gasteiger partial charge in [0.05, 0.1) is 11.6 Å². The van der Waals surface area contributed by atoms with Crippen molar-refractivity contribution in [2.24, 2.45) is 0 Å². The zero-order valence-corrected chi connectivity index (χ0v) is 21.8. The zero-order valence-electron chi connectivity index (χ0n) is 19.5. The van der Waals surface area contributed by atoms with E-state index in [1.165, 1.54) is 40.1 Å². The molecule has 2 N–H and O–H groups in total. The summed E-state index contributed by atoms with van der Waals surface area (Å²) in [4.78, 5) is 27.8. The lowest BCUT2D eigenvalue weighted by atomic mass is 9.95. The molecule has 3 aromatic carbocycles. The van der Waals surface area contributed by atoms with E-state index in [0.717, 1.165) is 11.1 Å². The van der Waals surface area contributed by atoms with E-state index in [9.17, 15) is 19.8 Å². The Bertz CT molecular complexity index is 1500. The second-order valence-corrected chi connectivity index (χ2v) is 11.0. The first-order valence-electron chi connectivity index (χ1n) is 11.2. The Labute approximate surface area is 226 Å². The number of benzene rings is 3. The molecule has 0 bridgehead atoms. The molecule has 1 amide bonds. The molecule has 10 heteroatoms. The average Bonchev–Trinajstić information content (AvgIpc) is 3.46. The first kappa shape index (κ1) is 25.0. The zero-order chi connectivity index (χ0) is 26.1. The van der Waals surface area contributed by atoms with Crippen LogP contribution in [0.25, 0.3) is 5.76 Å². The number of aromatic hydroxyl groups is 1. The maximum absolute atomic E-state index is 13.3. The van der Waals surface area contributed by atoms with Crippen LogP contribution >= 0.6 is 34.7 Å². The van der Waals surface area contributed by atoms with Gasteiger partial charge in [-0.05, 0) is 42.3 Å². The van der Waals surface area contributed by atoms with Crippen molar-refractivity contribution in [2.75, 3.05) is 4.90 Å². The number of hydrogen-bond acceptors (Lipinski definition) is 8.